The predicted octanol–water partition coefficient (Wildman–Crippen LogP) is 3.02. The van der Waals surface area contributed by atoms with Gasteiger partial charge < -0.3 is 5.73 Å². The summed E-state index contributed by atoms with van der Waals surface area (Å²) in [4.78, 5) is 0. The highest BCUT2D eigenvalue weighted by Gasteiger charge is 2.26. The van der Waals surface area contributed by atoms with E-state index in [-0.39, 0.29) is 0 Å². The zero-order valence-electron chi connectivity index (χ0n) is 11.5. The normalized spacial score (nSPS) is 11.2. The summed E-state index contributed by atoms with van der Waals surface area (Å²) in [5.74, 6) is 0. The van der Waals surface area contributed by atoms with Crippen LogP contribution in [0.4, 0.5) is 5.69 Å². The maximum absolute atomic E-state index is 6.24. The molecular formula is C18H16NPS. The van der Waals surface area contributed by atoms with E-state index < -0.39 is 6.04 Å². The van der Waals surface area contributed by atoms with Gasteiger partial charge in [0.2, 0.25) is 0 Å². The smallest absolute Gasteiger partial charge is 0.0406 e. The second-order valence-corrected chi connectivity index (χ2v) is 9.22. The number of para-hydroxylation sites is 1. The van der Waals surface area contributed by atoms with Crippen LogP contribution in [0, 0.1) is 0 Å². The van der Waals surface area contributed by atoms with Crippen LogP contribution in [0.3, 0.4) is 0 Å². The molecule has 0 radical (unpaired) electrons. The molecule has 21 heavy (non-hydrogen) atoms. The predicted molar refractivity (Wildman–Crippen MR) is 96.9 cm³/mol. The Morgan fingerprint density at radius 3 is 1.52 bits per heavy atom. The molecule has 0 fully saturated rings. The Morgan fingerprint density at radius 1 is 0.619 bits per heavy atom. The van der Waals surface area contributed by atoms with E-state index in [1.54, 1.807) is 0 Å². The summed E-state index contributed by atoms with van der Waals surface area (Å²) in [6, 6.07) is 26.5. The third kappa shape index (κ3) is 2.53. The molecule has 0 aliphatic rings. The van der Waals surface area contributed by atoms with Crippen LogP contribution < -0.4 is 21.6 Å². The van der Waals surface area contributed by atoms with Gasteiger partial charge in [-0.3, -0.25) is 0 Å². The maximum atomic E-state index is 6.24. The summed E-state index contributed by atoms with van der Waals surface area (Å²) in [5.41, 5.74) is 7.01. The second-order valence-electron chi connectivity index (χ2n) is 4.84. The fraction of sp³-hybridized carbons (Fsp3) is 0. The Bertz CT molecular complexity index is 741. The number of anilines is 1. The highest BCUT2D eigenvalue weighted by Crippen LogP contribution is 2.44. The Hall–Kier alpha value is -1.89. The van der Waals surface area contributed by atoms with Crippen molar-refractivity contribution >= 4 is 39.4 Å². The fourth-order valence-electron chi connectivity index (χ4n) is 2.48. The van der Waals surface area contributed by atoms with Crippen LogP contribution >= 0.6 is 6.04 Å². The molecule has 0 heterocycles. The van der Waals surface area contributed by atoms with Crippen molar-refractivity contribution in [1.82, 2.24) is 0 Å². The molecule has 0 unspecified atom stereocenters. The lowest BCUT2D eigenvalue weighted by molar-refractivity contribution is 1.72. The molecule has 104 valence electrons. The lowest BCUT2D eigenvalue weighted by Crippen LogP contribution is -2.26. The quantitative estimate of drug-likeness (QED) is 0.594. The summed E-state index contributed by atoms with van der Waals surface area (Å²) in [7, 11) is 0. The third-order valence-electron chi connectivity index (χ3n) is 3.52. The average molecular weight is 309 g/mol. The molecule has 2 N–H and O–H groups in total. The monoisotopic (exact) mass is 309 g/mol. The first kappa shape index (κ1) is 14.1. The molecule has 0 atom stereocenters. The Kier molecular flexibility index (Phi) is 3.92. The number of nitrogens with two attached hydrogens (primary N) is 1. The summed E-state index contributed by atoms with van der Waals surface area (Å²) in [6.07, 6.45) is 0. The van der Waals surface area contributed by atoms with E-state index in [1.165, 1.54) is 10.6 Å². The maximum Gasteiger partial charge on any atom is 0.0406 e. The number of benzene rings is 3. The molecule has 3 rings (SSSR count). The lowest BCUT2D eigenvalue weighted by atomic mass is 10.3. The molecule has 0 saturated heterocycles. The molecular weight excluding hydrogens is 293 g/mol. The molecule has 0 saturated carbocycles. The van der Waals surface area contributed by atoms with Gasteiger partial charge in [0.05, 0.1) is 0 Å². The first-order valence-electron chi connectivity index (χ1n) is 6.79. The minimum absolute atomic E-state index is 0.772. The van der Waals surface area contributed by atoms with Crippen LogP contribution in [0.15, 0.2) is 84.9 Å². The molecule has 0 spiro atoms. The number of nitrogen functional groups attached to an aromatic ring is 1. The minimum Gasteiger partial charge on any atom is -0.398 e. The van der Waals surface area contributed by atoms with Crippen molar-refractivity contribution in [2.45, 2.75) is 0 Å². The van der Waals surface area contributed by atoms with Crippen molar-refractivity contribution in [3.63, 3.8) is 0 Å². The topological polar surface area (TPSA) is 26.0 Å². The van der Waals surface area contributed by atoms with Gasteiger partial charge in [-0.05, 0) is 16.7 Å². The van der Waals surface area contributed by atoms with E-state index in [2.05, 4.69) is 30.3 Å². The van der Waals surface area contributed by atoms with Gasteiger partial charge in [-0.1, -0.05) is 90.7 Å². The first-order chi connectivity index (χ1) is 10.2. The van der Waals surface area contributed by atoms with Gasteiger partial charge in [-0.15, -0.1) is 0 Å². The Labute approximate surface area is 130 Å². The van der Waals surface area contributed by atoms with Crippen LogP contribution in [0.5, 0.6) is 0 Å². The summed E-state index contributed by atoms with van der Waals surface area (Å²) >= 11 is 6.22. The fourth-order valence-corrected chi connectivity index (χ4v) is 6.48. The van der Waals surface area contributed by atoms with Crippen molar-refractivity contribution in [3.8, 4) is 0 Å². The SMILES string of the molecule is Nc1ccccc1P(=S)(c1ccccc1)c1ccccc1. The van der Waals surface area contributed by atoms with Crippen molar-refractivity contribution in [2.75, 3.05) is 5.73 Å². The zero-order valence-corrected chi connectivity index (χ0v) is 13.2. The van der Waals surface area contributed by atoms with Crippen LogP contribution in [0.1, 0.15) is 0 Å². The van der Waals surface area contributed by atoms with E-state index in [1.807, 2.05) is 54.6 Å². The van der Waals surface area contributed by atoms with Gasteiger partial charge in [-0.2, -0.15) is 0 Å². The van der Waals surface area contributed by atoms with E-state index in [0.717, 1.165) is 11.0 Å². The van der Waals surface area contributed by atoms with Crippen molar-refractivity contribution in [2.24, 2.45) is 0 Å². The zero-order chi connectivity index (χ0) is 14.7. The van der Waals surface area contributed by atoms with E-state index >= 15 is 0 Å². The van der Waals surface area contributed by atoms with Crippen LogP contribution in [-0.2, 0) is 11.8 Å². The van der Waals surface area contributed by atoms with E-state index in [4.69, 9.17) is 17.5 Å². The van der Waals surface area contributed by atoms with Gasteiger partial charge in [0.25, 0.3) is 0 Å². The van der Waals surface area contributed by atoms with E-state index in [0.29, 0.717) is 0 Å². The molecule has 3 aromatic carbocycles. The van der Waals surface area contributed by atoms with Crippen molar-refractivity contribution in [1.29, 1.82) is 0 Å². The highest BCUT2D eigenvalue weighted by atomic mass is 32.4. The molecule has 3 heteroatoms. The van der Waals surface area contributed by atoms with Crippen LogP contribution in [0.2, 0.25) is 0 Å². The van der Waals surface area contributed by atoms with Crippen molar-refractivity contribution in [3.05, 3.63) is 84.9 Å². The second kappa shape index (κ2) is 5.85. The summed E-state index contributed by atoms with van der Waals surface area (Å²) < 4.78 is 0. The van der Waals surface area contributed by atoms with E-state index in [9.17, 15) is 0 Å². The number of rotatable bonds is 3. The number of hydrogen-bond donors (Lipinski definition) is 1. The van der Waals surface area contributed by atoms with Crippen LogP contribution in [-0.4, -0.2) is 0 Å². The molecule has 1 nitrogen and oxygen atoms in total. The molecule has 0 aliphatic carbocycles. The number of hydrogen-bond acceptors (Lipinski definition) is 2. The standard InChI is InChI=1S/C18H16NPS/c19-17-13-7-8-14-18(17)20(21,15-9-3-1-4-10-15)16-11-5-2-6-12-16/h1-14H,19H2. The highest BCUT2D eigenvalue weighted by molar-refractivity contribution is 8.25. The molecule has 0 bridgehead atoms. The van der Waals surface area contributed by atoms with Crippen LogP contribution in [0.25, 0.3) is 0 Å². The van der Waals surface area contributed by atoms with Crippen molar-refractivity contribution < 1.29 is 0 Å². The molecule has 0 aromatic heterocycles. The van der Waals surface area contributed by atoms with Gasteiger partial charge in [0.15, 0.2) is 0 Å². The summed E-state index contributed by atoms with van der Waals surface area (Å²) in [6.45, 7) is 0. The van der Waals surface area contributed by atoms with Gasteiger partial charge in [0, 0.05) is 17.0 Å². The van der Waals surface area contributed by atoms with Gasteiger partial charge >= 0.3 is 0 Å². The van der Waals surface area contributed by atoms with Gasteiger partial charge in [-0.25, -0.2) is 0 Å². The minimum atomic E-state index is -2.11. The third-order valence-corrected chi connectivity index (χ3v) is 8.51. The molecule has 0 amide bonds. The average Bonchev–Trinajstić information content (AvgIpc) is 2.56. The molecule has 3 aromatic rings. The lowest BCUT2D eigenvalue weighted by Gasteiger charge is -2.25. The first-order valence-corrected chi connectivity index (χ1v) is 9.59. The molecule has 0 aliphatic heterocycles. The Morgan fingerprint density at radius 2 is 1.05 bits per heavy atom. The Balaban J connectivity index is 2.32. The summed E-state index contributed by atoms with van der Waals surface area (Å²) in [5, 5.41) is 3.41. The van der Waals surface area contributed by atoms with Gasteiger partial charge in [0.1, 0.15) is 0 Å². The largest absolute Gasteiger partial charge is 0.398 e.